The van der Waals surface area contributed by atoms with Crippen molar-refractivity contribution in [2.24, 2.45) is 5.73 Å². The molecule has 0 aliphatic carbocycles. The predicted octanol–water partition coefficient (Wildman–Crippen LogP) is 5.61. The summed E-state index contributed by atoms with van der Waals surface area (Å²) in [4.78, 5) is 2.11. The van der Waals surface area contributed by atoms with Crippen molar-refractivity contribution in [2.75, 3.05) is 19.0 Å². The van der Waals surface area contributed by atoms with Crippen LogP contribution in [0.1, 0.15) is 16.7 Å². The van der Waals surface area contributed by atoms with Crippen LogP contribution in [0.2, 0.25) is 0 Å². The van der Waals surface area contributed by atoms with E-state index in [1.54, 1.807) is 0 Å². The summed E-state index contributed by atoms with van der Waals surface area (Å²) in [6.07, 6.45) is 0. The second-order valence-electron chi connectivity index (χ2n) is 7.10. The number of nitrogens with two attached hydrogens (primary N) is 1. The molecule has 0 atom stereocenters. The number of hydrogen-bond acceptors (Lipinski definition) is 3. The number of rotatable bonds is 6. The Labute approximate surface area is 184 Å². The lowest BCUT2D eigenvalue weighted by atomic mass is 9.94. The van der Waals surface area contributed by atoms with E-state index in [1.165, 1.54) is 33.5 Å². The molecule has 0 bridgehead atoms. The second-order valence-corrected chi connectivity index (χ2v) is 7.51. The molecule has 0 aliphatic heterocycles. The van der Waals surface area contributed by atoms with Crippen LogP contribution in [0.3, 0.4) is 0 Å². The summed E-state index contributed by atoms with van der Waals surface area (Å²) in [5.74, 6) is 0. The summed E-state index contributed by atoms with van der Waals surface area (Å²) < 4.78 is 0. The van der Waals surface area contributed by atoms with Gasteiger partial charge in [-0.3, -0.25) is 5.41 Å². The first-order valence-corrected chi connectivity index (χ1v) is 10.0. The topological polar surface area (TPSA) is 65.1 Å². The van der Waals surface area contributed by atoms with Gasteiger partial charge in [0.1, 0.15) is 0 Å². The quantitative estimate of drug-likeness (QED) is 0.276. The number of nitrogens with one attached hydrogen (secondary N) is 2. The highest BCUT2D eigenvalue weighted by Gasteiger charge is 2.10. The van der Waals surface area contributed by atoms with Crippen molar-refractivity contribution in [1.82, 2.24) is 5.32 Å². The van der Waals surface area contributed by atoms with Crippen molar-refractivity contribution < 1.29 is 0 Å². The Morgan fingerprint density at radius 3 is 2.17 bits per heavy atom. The van der Waals surface area contributed by atoms with Gasteiger partial charge in [0.25, 0.3) is 0 Å². The minimum absolute atomic E-state index is 0.361. The van der Waals surface area contributed by atoms with E-state index in [0.29, 0.717) is 0 Å². The molecule has 0 amide bonds. The van der Waals surface area contributed by atoms with E-state index >= 15 is 0 Å². The summed E-state index contributed by atoms with van der Waals surface area (Å²) in [5.41, 5.74) is 12.7. The van der Waals surface area contributed by atoms with E-state index in [2.05, 4.69) is 122 Å². The zero-order chi connectivity index (χ0) is 22.1. The SMILES string of the molecule is C=C(NCc1ccc(N(C)C)cc1)c1c(C)cccc1-c1ccccc1.N=C(N)Cl. The molecule has 3 aromatic rings. The summed E-state index contributed by atoms with van der Waals surface area (Å²) in [6.45, 7) is 7.21. The van der Waals surface area contributed by atoms with Gasteiger partial charge >= 0.3 is 0 Å². The Kier molecular flexibility index (Phi) is 8.51. The van der Waals surface area contributed by atoms with E-state index in [-0.39, 0.29) is 5.29 Å². The standard InChI is InChI=1S/C24H26N2.CH3ClN2/c1-18-9-8-12-23(21-10-6-5-7-11-21)24(18)19(2)25-17-20-13-15-22(16-14-20)26(3)4;2-1(3)4/h5-16,25H,2,17H2,1,3-4H3;(H3,3,4). The molecule has 0 saturated heterocycles. The van der Waals surface area contributed by atoms with Gasteiger partial charge in [0.15, 0.2) is 5.29 Å². The molecule has 0 saturated carbocycles. The molecule has 4 nitrogen and oxygen atoms in total. The molecule has 3 rings (SSSR count). The van der Waals surface area contributed by atoms with Crippen LogP contribution >= 0.6 is 11.6 Å². The zero-order valence-corrected chi connectivity index (χ0v) is 18.5. The lowest BCUT2D eigenvalue weighted by molar-refractivity contribution is 0.890. The van der Waals surface area contributed by atoms with Crippen molar-refractivity contribution in [1.29, 1.82) is 5.41 Å². The fourth-order valence-corrected chi connectivity index (χ4v) is 3.14. The third kappa shape index (κ3) is 6.68. The van der Waals surface area contributed by atoms with Crippen LogP contribution in [0, 0.1) is 12.3 Å². The highest BCUT2D eigenvalue weighted by atomic mass is 35.5. The molecule has 5 heteroatoms. The van der Waals surface area contributed by atoms with Gasteiger partial charge in [-0.1, -0.05) is 67.2 Å². The molecule has 0 unspecified atom stereocenters. The molecule has 156 valence electrons. The van der Waals surface area contributed by atoms with Crippen LogP contribution in [0.15, 0.2) is 79.4 Å². The fourth-order valence-electron chi connectivity index (χ4n) is 3.14. The molecule has 0 heterocycles. The number of amidine groups is 1. The van der Waals surface area contributed by atoms with Crippen LogP contribution in [-0.2, 0) is 6.54 Å². The van der Waals surface area contributed by atoms with Gasteiger partial charge in [0.2, 0.25) is 0 Å². The Morgan fingerprint density at radius 2 is 1.60 bits per heavy atom. The van der Waals surface area contributed by atoms with E-state index in [4.69, 9.17) is 5.41 Å². The highest BCUT2D eigenvalue weighted by molar-refractivity contribution is 6.63. The van der Waals surface area contributed by atoms with E-state index in [9.17, 15) is 0 Å². The predicted molar refractivity (Wildman–Crippen MR) is 131 cm³/mol. The average Bonchev–Trinajstić information content (AvgIpc) is 2.72. The van der Waals surface area contributed by atoms with Crippen molar-refractivity contribution in [3.05, 3.63) is 96.1 Å². The van der Waals surface area contributed by atoms with E-state index in [1.807, 2.05) is 6.07 Å². The highest BCUT2D eigenvalue weighted by Crippen LogP contribution is 2.30. The van der Waals surface area contributed by atoms with Crippen molar-refractivity contribution in [3.8, 4) is 11.1 Å². The number of nitrogens with zero attached hydrogens (tertiary/aromatic N) is 1. The first kappa shape index (κ1) is 23.0. The van der Waals surface area contributed by atoms with Gasteiger partial charge in [-0.05, 0) is 52.9 Å². The van der Waals surface area contributed by atoms with Crippen molar-refractivity contribution >= 4 is 28.3 Å². The molecule has 3 aromatic carbocycles. The van der Waals surface area contributed by atoms with E-state index in [0.717, 1.165) is 12.2 Å². The van der Waals surface area contributed by atoms with Crippen LogP contribution < -0.4 is 16.0 Å². The lowest BCUT2D eigenvalue weighted by Crippen LogP contribution is -2.13. The van der Waals surface area contributed by atoms with Crippen LogP contribution in [-0.4, -0.2) is 19.4 Å². The van der Waals surface area contributed by atoms with Crippen LogP contribution in [0.5, 0.6) is 0 Å². The second kappa shape index (κ2) is 11.1. The lowest BCUT2D eigenvalue weighted by Gasteiger charge is -2.18. The number of hydrogen-bond donors (Lipinski definition) is 3. The molecule has 30 heavy (non-hydrogen) atoms. The fraction of sp³-hybridized carbons (Fsp3) is 0.160. The molecule has 0 spiro atoms. The van der Waals surface area contributed by atoms with Gasteiger partial charge in [0.05, 0.1) is 0 Å². The number of halogens is 1. The normalized spacial score (nSPS) is 9.87. The first-order valence-electron chi connectivity index (χ1n) is 9.63. The first-order chi connectivity index (χ1) is 14.3. The Hall–Kier alpha value is -3.24. The van der Waals surface area contributed by atoms with Gasteiger partial charge < -0.3 is 16.0 Å². The number of benzene rings is 3. The monoisotopic (exact) mass is 420 g/mol. The third-order valence-electron chi connectivity index (χ3n) is 4.62. The maximum atomic E-state index is 6.04. The number of anilines is 1. The summed E-state index contributed by atoms with van der Waals surface area (Å²) in [7, 11) is 4.11. The van der Waals surface area contributed by atoms with Crippen molar-refractivity contribution in [2.45, 2.75) is 13.5 Å². The minimum atomic E-state index is -0.361. The summed E-state index contributed by atoms with van der Waals surface area (Å²) >= 11 is 4.64. The van der Waals surface area contributed by atoms with Gasteiger partial charge in [-0.15, -0.1) is 0 Å². The molecule has 0 fully saturated rings. The van der Waals surface area contributed by atoms with Gasteiger partial charge in [-0.2, -0.15) is 0 Å². The summed E-state index contributed by atoms with van der Waals surface area (Å²) in [6, 6.07) is 25.5. The zero-order valence-electron chi connectivity index (χ0n) is 17.7. The minimum Gasteiger partial charge on any atom is -0.381 e. The largest absolute Gasteiger partial charge is 0.381 e. The molecule has 0 aromatic heterocycles. The molecular weight excluding hydrogens is 392 g/mol. The Morgan fingerprint density at radius 1 is 1.00 bits per heavy atom. The average molecular weight is 421 g/mol. The Bertz CT molecular complexity index is 976. The Balaban J connectivity index is 0.000000735. The summed E-state index contributed by atoms with van der Waals surface area (Å²) in [5, 5.41) is 9.19. The molecule has 0 radical (unpaired) electrons. The molecule has 4 N–H and O–H groups in total. The van der Waals surface area contributed by atoms with Gasteiger partial charge in [0, 0.05) is 37.6 Å². The van der Waals surface area contributed by atoms with Gasteiger partial charge in [-0.25, -0.2) is 0 Å². The maximum absolute atomic E-state index is 6.04. The molecular formula is C25H29ClN4. The third-order valence-corrected chi connectivity index (χ3v) is 4.62. The molecule has 0 aliphatic rings. The van der Waals surface area contributed by atoms with Crippen LogP contribution in [0.25, 0.3) is 16.8 Å². The smallest absolute Gasteiger partial charge is 0.185 e. The van der Waals surface area contributed by atoms with Crippen LogP contribution in [0.4, 0.5) is 5.69 Å². The maximum Gasteiger partial charge on any atom is 0.185 e. The number of aryl methyl sites for hydroxylation is 1. The van der Waals surface area contributed by atoms with E-state index < -0.39 is 0 Å². The van der Waals surface area contributed by atoms with Crippen molar-refractivity contribution in [3.63, 3.8) is 0 Å².